The highest BCUT2D eigenvalue weighted by Gasteiger charge is 2.16. The number of fused-ring (bicyclic) bond motifs is 2. The summed E-state index contributed by atoms with van der Waals surface area (Å²) in [4.78, 5) is 0. The summed E-state index contributed by atoms with van der Waals surface area (Å²) < 4.78 is 6.20. The summed E-state index contributed by atoms with van der Waals surface area (Å²) in [6, 6.07) is 51.3. The molecule has 1 N–H and O–H groups in total. The number of rotatable bonds is 12. The maximum absolute atomic E-state index is 6.20. The molecule has 0 amide bonds. The molecule has 0 aromatic heterocycles. The van der Waals surface area contributed by atoms with Gasteiger partial charge in [0.25, 0.3) is 0 Å². The van der Waals surface area contributed by atoms with Gasteiger partial charge >= 0.3 is 0 Å². The second-order valence-electron chi connectivity index (χ2n) is 13.2. The molecule has 0 radical (unpaired) electrons. The first-order valence-corrected chi connectivity index (χ1v) is 18.1. The molecular weight excluding hydrogens is 643 g/mol. The molecule has 0 fully saturated rings. The van der Waals surface area contributed by atoms with Gasteiger partial charge in [-0.25, -0.2) is 0 Å². The van der Waals surface area contributed by atoms with Crippen LogP contribution in [0.15, 0.2) is 224 Å². The van der Waals surface area contributed by atoms with Crippen LogP contribution in [0.2, 0.25) is 0 Å². The van der Waals surface area contributed by atoms with E-state index in [1.54, 1.807) is 0 Å². The van der Waals surface area contributed by atoms with Gasteiger partial charge in [-0.15, -0.1) is 0 Å². The van der Waals surface area contributed by atoms with Crippen molar-refractivity contribution in [3.05, 3.63) is 246 Å². The summed E-state index contributed by atoms with van der Waals surface area (Å²) in [5, 5.41) is 5.84. The minimum Gasteiger partial charge on any atom is -0.461 e. The van der Waals surface area contributed by atoms with Crippen molar-refractivity contribution in [1.29, 1.82) is 0 Å². The molecule has 0 saturated heterocycles. The van der Waals surface area contributed by atoms with E-state index in [1.165, 1.54) is 44.2 Å². The Morgan fingerprint density at radius 1 is 0.660 bits per heavy atom. The first-order chi connectivity index (χ1) is 26.0. The van der Waals surface area contributed by atoms with Crippen LogP contribution in [0.3, 0.4) is 0 Å². The van der Waals surface area contributed by atoms with E-state index >= 15 is 0 Å². The summed E-state index contributed by atoms with van der Waals surface area (Å²) in [7, 11) is 0. The van der Waals surface area contributed by atoms with E-state index < -0.39 is 0 Å². The monoisotopic (exact) mass is 685 g/mol. The SMILES string of the molecule is C=C(/C=C\C=C/Nc1cccc(-c2cccc(/C(=C\Cc3ccccc3)c3ccccc3)c2)c1)C(=C)/C=C\C1=C(C)Oc2cc3ccccc3cc2C1. The summed E-state index contributed by atoms with van der Waals surface area (Å²) in [6.45, 7) is 10.5. The molecule has 2 nitrogen and oxygen atoms in total. The molecule has 1 aliphatic rings. The predicted molar refractivity (Wildman–Crippen MR) is 226 cm³/mol. The number of anilines is 1. The van der Waals surface area contributed by atoms with Gasteiger partial charge in [0.15, 0.2) is 0 Å². The molecule has 0 bridgehead atoms. The van der Waals surface area contributed by atoms with E-state index in [0.717, 1.165) is 52.3 Å². The van der Waals surface area contributed by atoms with Crippen LogP contribution in [-0.2, 0) is 12.8 Å². The molecule has 0 unspecified atom stereocenters. The Hall–Kier alpha value is -6.64. The van der Waals surface area contributed by atoms with Crippen molar-refractivity contribution in [3.63, 3.8) is 0 Å². The van der Waals surface area contributed by atoms with Gasteiger partial charge in [0.05, 0.1) is 0 Å². The summed E-state index contributed by atoms with van der Waals surface area (Å²) >= 11 is 0. The highest BCUT2D eigenvalue weighted by Crippen LogP contribution is 2.35. The highest BCUT2D eigenvalue weighted by molar-refractivity contribution is 5.85. The third-order valence-corrected chi connectivity index (χ3v) is 9.52. The zero-order chi connectivity index (χ0) is 36.4. The number of nitrogens with one attached hydrogen (secondary N) is 1. The lowest BCUT2D eigenvalue weighted by atomic mass is 9.93. The number of allylic oxidation sites excluding steroid dienone is 10. The fourth-order valence-corrected chi connectivity index (χ4v) is 6.53. The van der Waals surface area contributed by atoms with Crippen molar-refractivity contribution in [3.8, 4) is 16.9 Å². The van der Waals surface area contributed by atoms with Crippen molar-refractivity contribution >= 4 is 22.0 Å². The van der Waals surface area contributed by atoms with Gasteiger partial charge in [0.1, 0.15) is 11.5 Å². The molecule has 7 rings (SSSR count). The highest BCUT2D eigenvalue weighted by atomic mass is 16.5. The Balaban J connectivity index is 0.972. The molecule has 258 valence electrons. The van der Waals surface area contributed by atoms with E-state index in [0.29, 0.717) is 0 Å². The zero-order valence-electron chi connectivity index (χ0n) is 30.1. The molecule has 53 heavy (non-hydrogen) atoms. The lowest BCUT2D eigenvalue weighted by molar-refractivity contribution is 0.407. The van der Waals surface area contributed by atoms with Crippen LogP contribution < -0.4 is 10.1 Å². The molecule has 0 saturated carbocycles. The molecule has 1 aliphatic heterocycles. The second kappa shape index (κ2) is 16.6. The van der Waals surface area contributed by atoms with Gasteiger partial charge in [-0.3, -0.25) is 0 Å². The van der Waals surface area contributed by atoms with Crippen LogP contribution in [0, 0.1) is 0 Å². The van der Waals surface area contributed by atoms with E-state index in [9.17, 15) is 0 Å². The quantitative estimate of drug-likeness (QED) is 0.129. The Bertz CT molecular complexity index is 2420. The molecule has 0 aliphatic carbocycles. The molecule has 1 heterocycles. The fourth-order valence-electron chi connectivity index (χ4n) is 6.53. The molecule has 2 heteroatoms. The Kier molecular flexibility index (Phi) is 10.9. The Morgan fingerprint density at radius 2 is 1.32 bits per heavy atom. The summed E-state index contributed by atoms with van der Waals surface area (Å²) in [6.07, 6.45) is 16.0. The Labute approximate surface area is 313 Å². The van der Waals surface area contributed by atoms with Gasteiger partial charge in [0, 0.05) is 18.3 Å². The van der Waals surface area contributed by atoms with Crippen LogP contribution in [0.25, 0.3) is 27.5 Å². The zero-order valence-corrected chi connectivity index (χ0v) is 30.1. The number of hydrogen-bond donors (Lipinski definition) is 1. The first-order valence-electron chi connectivity index (χ1n) is 18.1. The van der Waals surface area contributed by atoms with Crippen molar-refractivity contribution in [1.82, 2.24) is 0 Å². The van der Waals surface area contributed by atoms with Gasteiger partial charge in [-0.2, -0.15) is 0 Å². The number of ether oxygens (including phenoxy) is 1. The lowest BCUT2D eigenvalue weighted by Crippen LogP contribution is -2.07. The average Bonchev–Trinajstić information content (AvgIpc) is 3.20. The molecule has 0 atom stereocenters. The van der Waals surface area contributed by atoms with Crippen LogP contribution >= 0.6 is 0 Å². The summed E-state index contributed by atoms with van der Waals surface area (Å²) in [5.41, 5.74) is 12.3. The van der Waals surface area contributed by atoms with Gasteiger partial charge in [-0.05, 0) is 116 Å². The minimum absolute atomic E-state index is 0.819. The maximum atomic E-state index is 6.20. The standard InChI is InChI=1S/C51H43NO/c1-37(38(2)27-29-42-32-48-34-43-21-10-11-22-46(43)36-51(48)53-39(42)3)16-12-13-31-52-49-26-15-24-45(35-49)44-23-14-25-47(33-44)50(41-19-8-5-9-20-41)30-28-40-17-6-4-7-18-40/h4-27,29-31,33-36,52H,1-2,28,32H2,3H3/b16-12-,29-27-,31-13-,50-30-. The van der Waals surface area contributed by atoms with Gasteiger partial charge < -0.3 is 10.1 Å². The fraction of sp³-hybridized carbons (Fsp3) is 0.0588. The third kappa shape index (κ3) is 8.81. The van der Waals surface area contributed by atoms with E-state index in [-0.39, 0.29) is 0 Å². The predicted octanol–water partition coefficient (Wildman–Crippen LogP) is 13.2. The normalized spacial score (nSPS) is 13.1. The van der Waals surface area contributed by atoms with Crippen molar-refractivity contribution < 1.29 is 4.74 Å². The van der Waals surface area contributed by atoms with Crippen molar-refractivity contribution in [2.75, 3.05) is 5.32 Å². The van der Waals surface area contributed by atoms with Crippen LogP contribution in [-0.4, -0.2) is 0 Å². The maximum Gasteiger partial charge on any atom is 0.131 e. The number of hydrogen-bond acceptors (Lipinski definition) is 2. The molecule has 6 aromatic rings. The van der Waals surface area contributed by atoms with Crippen molar-refractivity contribution in [2.24, 2.45) is 0 Å². The van der Waals surface area contributed by atoms with E-state index in [1.807, 2.05) is 37.4 Å². The second-order valence-corrected chi connectivity index (χ2v) is 13.2. The van der Waals surface area contributed by atoms with Gasteiger partial charge in [-0.1, -0.05) is 159 Å². The summed E-state index contributed by atoms with van der Waals surface area (Å²) in [5.74, 6) is 1.85. The largest absolute Gasteiger partial charge is 0.461 e. The van der Waals surface area contributed by atoms with Crippen LogP contribution in [0.1, 0.15) is 29.2 Å². The third-order valence-electron chi connectivity index (χ3n) is 9.52. The number of benzene rings is 6. The smallest absolute Gasteiger partial charge is 0.131 e. The van der Waals surface area contributed by atoms with E-state index in [4.69, 9.17) is 4.74 Å². The minimum atomic E-state index is 0.819. The van der Waals surface area contributed by atoms with E-state index in [2.05, 4.69) is 176 Å². The molecule has 0 spiro atoms. The lowest BCUT2D eigenvalue weighted by Gasteiger charge is -2.21. The first kappa shape index (κ1) is 34.8. The topological polar surface area (TPSA) is 21.3 Å². The average molecular weight is 686 g/mol. The van der Waals surface area contributed by atoms with Crippen LogP contribution in [0.4, 0.5) is 5.69 Å². The van der Waals surface area contributed by atoms with Crippen LogP contribution in [0.5, 0.6) is 5.75 Å². The Morgan fingerprint density at radius 3 is 2.11 bits per heavy atom. The molecule has 6 aromatic carbocycles. The van der Waals surface area contributed by atoms with Crippen molar-refractivity contribution in [2.45, 2.75) is 19.8 Å². The molecular formula is C51H43NO. The van der Waals surface area contributed by atoms with Gasteiger partial charge in [0.2, 0.25) is 0 Å².